The lowest BCUT2D eigenvalue weighted by atomic mass is 9.95. The van der Waals surface area contributed by atoms with Crippen LogP contribution in [0, 0.1) is 11.8 Å². The molecule has 2 unspecified atom stereocenters. The van der Waals surface area contributed by atoms with Crippen LogP contribution in [-0.4, -0.2) is 24.4 Å². The number of carbonyl (C=O) groups is 1. The van der Waals surface area contributed by atoms with Gasteiger partial charge in [-0.2, -0.15) is 0 Å². The van der Waals surface area contributed by atoms with Crippen LogP contribution in [0.3, 0.4) is 0 Å². The number of halogens is 1. The van der Waals surface area contributed by atoms with E-state index in [4.69, 9.17) is 5.73 Å². The average Bonchev–Trinajstić information content (AvgIpc) is 2.86. The van der Waals surface area contributed by atoms with Gasteiger partial charge in [0.05, 0.1) is 0 Å². The third kappa shape index (κ3) is 3.57. The normalized spacial score (nSPS) is 22.5. The van der Waals surface area contributed by atoms with Crippen molar-refractivity contribution in [2.45, 2.75) is 25.8 Å². The summed E-state index contributed by atoms with van der Waals surface area (Å²) in [4.78, 5) is 14.3. The lowest BCUT2D eigenvalue weighted by molar-refractivity contribution is -0.135. The predicted molar refractivity (Wildman–Crippen MR) is 80.5 cm³/mol. The standard InChI is InChI=1S/C15H21BrN2O/c1-18(10-11-4-2-6-13(16)8-11)15(19)14-7-3-5-12(14)9-17/h2,4,6,8,12,14H,3,5,7,9-10,17H2,1H3. The van der Waals surface area contributed by atoms with Crippen molar-refractivity contribution in [1.29, 1.82) is 0 Å². The van der Waals surface area contributed by atoms with E-state index in [0.29, 0.717) is 19.0 Å². The molecule has 0 bridgehead atoms. The third-order valence-electron chi connectivity index (χ3n) is 3.96. The number of carbonyl (C=O) groups excluding carboxylic acids is 1. The van der Waals surface area contributed by atoms with Crippen molar-refractivity contribution in [2.75, 3.05) is 13.6 Å². The number of benzene rings is 1. The number of rotatable bonds is 4. The Balaban J connectivity index is 1.99. The molecule has 3 nitrogen and oxygen atoms in total. The first-order chi connectivity index (χ1) is 9.11. The van der Waals surface area contributed by atoms with Gasteiger partial charge in [0, 0.05) is 24.0 Å². The molecule has 1 aliphatic rings. The molecule has 0 radical (unpaired) electrons. The summed E-state index contributed by atoms with van der Waals surface area (Å²) in [5, 5.41) is 0. The van der Waals surface area contributed by atoms with Crippen molar-refractivity contribution in [3.8, 4) is 0 Å². The molecule has 19 heavy (non-hydrogen) atoms. The molecule has 1 aliphatic carbocycles. The first kappa shape index (κ1) is 14.5. The highest BCUT2D eigenvalue weighted by Gasteiger charge is 2.33. The lowest BCUT2D eigenvalue weighted by Crippen LogP contribution is -2.36. The van der Waals surface area contributed by atoms with Crippen molar-refractivity contribution < 1.29 is 4.79 Å². The molecule has 0 spiro atoms. The second-order valence-electron chi connectivity index (χ2n) is 5.36. The van der Waals surface area contributed by atoms with Gasteiger partial charge in [-0.25, -0.2) is 0 Å². The zero-order valence-electron chi connectivity index (χ0n) is 11.3. The molecule has 1 aromatic carbocycles. The van der Waals surface area contributed by atoms with E-state index in [9.17, 15) is 4.79 Å². The molecule has 4 heteroatoms. The summed E-state index contributed by atoms with van der Waals surface area (Å²) in [7, 11) is 1.88. The van der Waals surface area contributed by atoms with E-state index < -0.39 is 0 Å². The van der Waals surface area contributed by atoms with Crippen LogP contribution in [0.5, 0.6) is 0 Å². The summed E-state index contributed by atoms with van der Waals surface area (Å²) in [6.45, 7) is 1.28. The van der Waals surface area contributed by atoms with Gasteiger partial charge in [-0.3, -0.25) is 4.79 Å². The molecule has 2 atom stereocenters. The quantitative estimate of drug-likeness (QED) is 0.925. The molecule has 1 saturated carbocycles. The highest BCUT2D eigenvalue weighted by Crippen LogP contribution is 2.32. The van der Waals surface area contributed by atoms with Gasteiger partial charge in [0.2, 0.25) is 5.91 Å². The highest BCUT2D eigenvalue weighted by atomic mass is 79.9. The summed E-state index contributed by atoms with van der Waals surface area (Å²) in [5.41, 5.74) is 6.90. The second-order valence-corrected chi connectivity index (χ2v) is 6.27. The molecule has 2 rings (SSSR count). The van der Waals surface area contributed by atoms with E-state index in [1.807, 2.05) is 30.1 Å². The number of hydrogen-bond acceptors (Lipinski definition) is 2. The number of hydrogen-bond donors (Lipinski definition) is 1. The molecule has 0 heterocycles. The van der Waals surface area contributed by atoms with E-state index in [2.05, 4.69) is 22.0 Å². The molecule has 104 valence electrons. The highest BCUT2D eigenvalue weighted by molar-refractivity contribution is 9.10. The van der Waals surface area contributed by atoms with Crippen molar-refractivity contribution in [3.63, 3.8) is 0 Å². The van der Waals surface area contributed by atoms with E-state index >= 15 is 0 Å². The molecule has 1 aromatic rings. The molecular formula is C15H21BrN2O. The molecule has 0 saturated heterocycles. The van der Waals surface area contributed by atoms with Crippen LogP contribution in [0.4, 0.5) is 0 Å². The van der Waals surface area contributed by atoms with Gasteiger partial charge in [0.15, 0.2) is 0 Å². The zero-order chi connectivity index (χ0) is 13.8. The predicted octanol–water partition coefficient (Wildman–Crippen LogP) is 2.78. The minimum atomic E-state index is 0.127. The van der Waals surface area contributed by atoms with Crippen molar-refractivity contribution in [1.82, 2.24) is 4.90 Å². The van der Waals surface area contributed by atoms with Crippen molar-refractivity contribution in [2.24, 2.45) is 17.6 Å². The van der Waals surface area contributed by atoms with E-state index in [0.717, 1.165) is 29.3 Å². The maximum Gasteiger partial charge on any atom is 0.226 e. The number of nitrogens with zero attached hydrogens (tertiary/aromatic N) is 1. The largest absolute Gasteiger partial charge is 0.341 e. The fraction of sp³-hybridized carbons (Fsp3) is 0.533. The molecular weight excluding hydrogens is 304 g/mol. The fourth-order valence-corrected chi connectivity index (χ4v) is 3.36. The summed E-state index contributed by atoms with van der Waals surface area (Å²) < 4.78 is 1.05. The maximum atomic E-state index is 12.5. The fourth-order valence-electron chi connectivity index (χ4n) is 2.91. The zero-order valence-corrected chi connectivity index (χ0v) is 12.9. The van der Waals surface area contributed by atoms with E-state index in [1.165, 1.54) is 0 Å². The maximum absolute atomic E-state index is 12.5. The van der Waals surface area contributed by atoms with Gasteiger partial charge in [-0.15, -0.1) is 0 Å². The van der Waals surface area contributed by atoms with Gasteiger partial charge in [-0.1, -0.05) is 34.5 Å². The smallest absolute Gasteiger partial charge is 0.226 e. The topological polar surface area (TPSA) is 46.3 Å². The monoisotopic (exact) mass is 324 g/mol. The third-order valence-corrected chi connectivity index (χ3v) is 4.46. The second kappa shape index (κ2) is 6.53. The van der Waals surface area contributed by atoms with Gasteiger partial charge in [0.1, 0.15) is 0 Å². The Morgan fingerprint density at radius 3 is 2.95 bits per heavy atom. The Labute approximate surface area is 123 Å². The Morgan fingerprint density at radius 1 is 1.47 bits per heavy atom. The Kier molecular flexibility index (Phi) is 4.99. The summed E-state index contributed by atoms with van der Waals surface area (Å²) in [6, 6.07) is 8.09. The van der Waals surface area contributed by atoms with Crippen molar-refractivity contribution >= 4 is 21.8 Å². The Hall–Kier alpha value is -0.870. The SMILES string of the molecule is CN(Cc1cccc(Br)c1)C(=O)C1CCCC1CN. The molecule has 0 aliphatic heterocycles. The van der Waals surface area contributed by atoms with Crippen LogP contribution in [0.1, 0.15) is 24.8 Å². The van der Waals surface area contributed by atoms with Gasteiger partial charge in [0.25, 0.3) is 0 Å². The minimum absolute atomic E-state index is 0.127. The molecule has 1 fully saturated rings. The number of amides is 1. The molecule has 2 N–H and O–H groups in total. The average molecular weight is 325 g/mol. The molecule has 1 amide bonds. The van der Waals surface area contributed by atoms with E-state index in [1.54, 1.807) is 0 Å². The minimum Gasteiger partial charge on any atom is -0.341 e. The van der Waals surface area contributed by atoms with Gasteiger partial charge >= 0.3 is 0 Å². The summed E-state index contributed by atoms with van der Waals surface area (Å²) in [5.74, 6) is 0.743. The van der Waals surface area contributed by atoms with E-state index in [-0.39, 0.29) is 11.8 Å². The van der Waals surface area contributed by atoms with Crippen LogP contribution in [0.2, 0.25) is 0 Å². The van der Waals surface area contributed by atoms with Crippen LogP contribution >= 0.6 is 15.9 Å². The first-order valence-electron chi connectivity index (χ1n) is 6.81. The Bertz CT molecular complexity index is 450. The van der Waals surface area contributed by atoms with Crippen LogP contribution in [0.25, 0.3) is 0 Å². The first-order valence-corrected chi connectivity index (χ1v) is 7.60. The summed E-state index contributed by atoms with van der Waals surface area (Å²) in [6.07, 6.45) is 3.21. The molecule has 0 aromatic heterocycles. The van der Waals surface area contributed by atoms with Crippen LogP contribution in [0.15, 0.2) is 28.7 Å². The number of nitrogens with two attached hydrogens (primary N) is 1. The lowest BCUT2D eigenvalue weighted by Gasteiger charge is -2.24. The van der Waals surface area contributed by atoms with Crippen molar-refractivity contribution in [3.05, 3.63) is 34.3 Å². The van der Waals surface area contributed by atoms with Gasteiger partial charge < -0.3 is 10.6 Å². The summed E-state index contributed by atoms with van der Waals surface area (Å²) >= 11 is 3.46. The van der Waals surface area contributed by atoms with Crippen LogP contribution in [-0.2, 0) is 11.3 Å². The van der Waals surface area contributed by atoms with Crippen LogP contribution < -0.4 is 5.73 Å². The van der Waals surface area contributed by atoms with Gasteiger partial charge in [-0.05, 0) is 43.0 Å². The Morgan fingerprint density at radius 2 is 2.26 bits per heavy atom.